The molecule has 6 heteroatoms. The number of halogens is 1. The van der Waals surface area contributed by atoms with Crippen molar-refractivity contribution in [3.8, 4) is 0 Å². The van der Waals surface area contributed by atoms with E-state index in [0.717, 1.165) is 31.5 Å². The van der Waals surface area contributed by atoms with Gasteiger partial charge in [-0.25, -0.2) is 4.39 Å². The van der Waals surface area contributed by atoms with Crippen LogP contribution in [0.25, 0.3) is 0 Å². The summed E-state index contributed by atoms with van der Waals surface area (Å²) >= 11 is 0. The Morgan fingerprint density at radius 1 is 1.29 bits per heavy atom. The fourth-order valence-corrected chi connectivity index (χ4v) is 3.24. The highest BCUT2D eigenvalue weighted by atomic mass is 19.1. The Hall–Kier alpha value is -1.50. The molecule has 2 saturated heterocycles. The van der Waals surface area contributed by atoms with Gasteiger partial charge in [-0.15, -0.1) is 0 Å². The number of nitrogens with zero attached hydrogens (tertiary/aromatic N) is 1. The molecule has 2 aliphatic rings. The number of carbonyl (C=O) groups is 1. The maximum atomic E-state index is 13.5. The number of piperidine rings is 1. The highest BCUT2D eigenvalue weighted by Gasteiger charge is 2.30. The SMILES string of the molecule is Cc1ccc(CNC(=O)CN2CCC(C3OCCO3)CC2)cc1F. The quantitative estimate of drug-likeness (QED) is 0.891. The number of hydrogen-bond donors (Lipinski definition) is 1. The molecule has 1 amide bonds. The molecule has 1 aromatic carbocycles. The van der Waals surface area contributed by atoms with Crippen LogP contribution >= 0.6 is 0 Å². The van der Waals surface area contributed by atoms with Gasteiger partial charge in [0, 0.05) is 12.5 Å². The van der Waals surface area contributed by atoms with Gasteiger partial charge in [-0.2, -0.15) is 0 Å². The monoisotopic (exact) mass is 336 g/mol. The first kappa shape index (κ1) is 17.3. The van der Waals surface area contributed by atoms with Crippen LogP contribution < -0.4 is 5.32 Å². The van der Waals surface area contributed by atoms with E-state index < -0.39 is 0 Å². The second-order valence-electron chi connectivity index (χ2n) is 6.58. The zero-order valence-electron chi connectivity index (χ0n) is 14.1. The van der Waals surface area contributed by atoms with Crippen LogP contribution in [-0.4, -0.2) is 49.9 Å². The molecule has 24 heavy (non-hydrogen) atoms. The predicted octanol–water partition coefficient (Wildman–Crippen LogP) is 1.84. The molecule has 3 rings (SSSR count). The van der Waals surface area contributed by atoms with Crippen molar-refractivity contribution in [3.63, 3.8) is 0 Å². The Labute approximate surface area is 142 Å². The Kier molecular flexibility index (Phi) is 5.81. The predicted molar refractivity (Wildman–Crippen MR) is 87.8 cm³/mol. The van der Waals surface area contributed by atoms with E-state index in [-0.39, 0.29) is 18.0 Å². The third-order valence-corrected chi connectivity index (χ3v) is 4.76. The first-order chi connectivity index (χ1) is 11.6. The van der Waals surface area contributed by atoms with Gasteiger partial charge in [-0.05, 0) is 50.0 Å². The summed E-state index contributed by atoms with van der Waals surface area (Å²) in [5, 5.41) is 2.86. The lowest BCUT2D eigenvalue weighted by molar-refractivity contribution is -0.124. The average Bonchev–Trinajstić information content (AvgIpc) is 3.11. The minimum absolute atomic E-state index is 0.0252. The normalized spacial score (nSPS) is 20.4. The Morgan fingerprint density at radius 3 is 2.67 bits per heavy atom. The number of ether oxygens (including phenoxy) is 2. The van der Waals surface area contributed by atoms with Gasteiger partial charge >= 0.3 is 0 Å². The number of benzene rings is 1. The van der Waals surface area contributed by atoms with Crippen LogP contribution in [0, 0.1) is 18.7 Å². The molecule has 0 aromatic heterocycles. The van der Waals surface area contributed by atoms with Gasteiger partial charge in [-0.3, -0.25) is 9.69 Å². The van der Waals surface area contributed by atoms with Crippen LogP contribution in [0.15, 0.2) is 18.2 Å². The van der Waals surface area contributed by atoms with Gasteiger partial charge in [0.15, 0.2) is 6.29 Å². The molecular formula is C18H25FN2O3. The summed E-state index contributed by atoms with van der Waals surface area (Å²) in [6, 6.07) is 5.04. The minimum atomic E-state index is -0.236. The zero-order chi connectivity index (χ0) is 16.9. The average molecular weight is 336 g/mol. The van der Waals surface area contributed by atoms with Crippen LogP contribution in [-0.2, 0) is 20.8 Å². The number of rotatable bonds is 5. The fraction of sp³-hybridized carbons (Fsp3) is 0.611. The van der Waals surface area contributed by atoms with E-state index in [2.05, 4.69) is 10.2 Å². The van der Waals surface area contributed by atoms with E-state index in [9.17, 15) is 9.18 Å². The molecule has 2 heterocycles. The highest BCUT2D eigenvalue weighted by Crippen LogP contribution is 2.25. The highest BCUT2D eigenvalue weighted by molar-refractivity contribution is 5.78. The molecule has 5 nitrogen and oxygen atoms in total. The topological polar surface area (TPSA) is 50.8 Å². The number of hydrogen-bond acceptors (Lipinski definition) is 4. The number of amides is 1. The Bertz CT molecular complexity index is 567. The molecule has 132 valence electrons. The molecule has 0 radical (unpaired) electrons. The third-order valence-electron chi connectivity index (χ3n) is 4.76. The Balaban J connectivity index is 1.38. The lowest BCUT2D eigenvalue weighted by atomic mass is 9.96. The molecule has 0 unspecified atom stereocenters. The van der Waals surface area contributed by atoms with Gasteiger partial charge in [0.2, 0.25) is 5.91 Å². The first-order valence-corrected chi connectivity index (χ1v) is 8.59. The summed E-state index contributed by atoms with van der Waals surface area (Å²) < 4.78 is 24.6. The summed E-state index contributed by atoms with van der Waals surface area (Å²) in [4.78, 5) is 14.2. The van der Waals surface area contributed by atoms with Crippen LogP contribution in [0.3, 0.4) is 0 Å². The second kappa shape index (κ2) is 8.05. The molecule has 1 N–H and O–H groups in total. The number of aryl methyl sites for hydroxylation is 1. The molecule has 0 atom stereocenters. The van der Waals surface area contributed by atoms with Crippen molar-refractivity contribution in [1.82, 2.24) is 10.2 Å². The maximum absolute atomic E-state index is 13.5. The number of likely N-dealkylation sites (tertiary alicyclic amines) is 1. The van der Waals surface area contributed by atoms with Gasteiger partial charge < -0.3 is 14.8 Å². The minimum Gasteiger partial charge on any atom is -0.351 e. The van der Waals surface area contributed by atoms with Crippen LogP contribution in [0.4, 0.5) is 4.39 Å². The summed E-state index contributed by atoms with van der Waals surface area (Å²) in [5.74, 6) is 0.172. The maximum Gasteiger partial charge on any atom is 0.234 e. The molecule has 0 aliphatic carbocycles. The van der Waals surface area contributed by atoms with Crippen molar-refractivity contribution in [2.24, 2.45) is 5.92 Å². The van der Waals surface area contributed by atoms with Gasteiger partial charge in [0.25, 0.3) is 0 Å². The first-order valence-electron chi connectivity index (χ1n) is 8.59. The van der Waals surface area contributed by atoms with E-state index in [1.165, 1.54) is 6.07 Å². The van der Waals surface area contributed by atoms with Crippen molar-refractivity contribution in [2.75, 3.05) is 32.8 Å². The molecule has 2 aliphatic heterocycles. The van der Waals surface area contributed by atoms with E-state index in [1.54, 1.807) is 13.0 Å². The largest absolute Gasteiger partial charge is 0.351 e. The van der Waals surface area contributed by atoms with Crippen LogP contribution in [0.1, 0.15) is 24.0 Å². The van der Waals surface area contributed by atoms with Gasteiger partial charge in [0.1, 0.15) is 5.82 Å². The fourth-order valence-electron chi connectivity index (χ4n) is 3.24. The van der Waals surface area contributed by atoms with Gasteiger partial charge in [0.05, 0.1) is 19.8 Å². The molecular weight excluding hydrogens is 311 g/mol. The van der Waals surface area contributed by atoms with E-state index in [0.29, 0.717) is 37.8 Å². The standard InChI is InChI=1S/C18H25FN2O3/c1-13-2-3-14(10-16(13)19)11-20-17(22)12-21-6-4-15(5-7-21)18-23-8-9-24-18/h2-3,10,15,18H,4-9,11-12H2,1H3,(H,20,22). The second-order valence-corrected chi connectivity index (χ2v) is 6.58. The third kappa shape index (κ3) is 4.53. The zero-order valence-corrected chi connectivity index (χ0v) is 14.1. The van der Waals surface area contributed by atoms with Crippen molar-refractivity contribution in [1.29, 1.82) is 0 Å². The van der Waals surface area contributed by atoms with Crippen molar-refractivity contribution < 1.29 is 18.7 Å². The number of nitrogens with one attached hydrogen (secondary N) is 1. The lowest BCUT2D eigenvalue weighted by Gasteiger charge is -2.33. The van der Waals surface area contributed by atoms with Gasteiger partial charge in [-0.1, -0.05) is 12.1 Å². The molecule has 2 fully saturated rings. The van der Waals surface area contributed by atoms with Crippen molar-refractivity contribution in [2.45, 2.75) is 32.6 Å². The van der Waals surface area contributed by atoms with E-state index in [1.807, 2.05) is 6.07 Å². The van der Waals surface area contributed by atoms with Crippen molar-refractivity contribution in [3.05, 3.63) is 35.1 Å². The summed E-state index contributed by atoms with van der Waals surface area (Å²) in [6.45, 7) is 5.59. The smallest absolute Gasteiger partial charge is 0.234 e. The van der Waals surface area contributed by atoms with Crippen LogP contribution in [0.5, 0.6) is 0 Å². The molecule has 0 bridgehead atoms. The van der Waals surface area contributed by atoms with Crippen molar-refractivity contribution >= 4 is 5.91 Å². The number of carbonyl (C=O) groups excluding carboxylic acids is 1. The summed E-state index contributed by atoms with van der Waals surface area (Å²) in [6.07, 6.45) is 1.92. The van der Waals surface area contributed by atoms with Crippen LogP contribution in [0.2, 0.25) is 0 Å². The summed E-state index contributed by atoms with van der Waals surface area (Å²) in [7, 11) is 0. The summed E-state index contributed by atoms with van der Waals surface area (Å²) in [5.41, 5.74) is 1.39. The molecule has 0 spiro atoms. The van der Waals surface area contributed by atoms with E-state index in [4.69, 9.17) is 9.47 Å². The molecule has 0 saturated carbocycles. The van der Waals surface area contributed by atoms with E-state index >= 15 is 0 Å². The Morgan fingerprint density at radius 2 is 2.00 bits per heavy atom. The lowest BCUT2D eigenvalue weighted by Crippen LogP contribution is -2.43. The molecule has 1 aromatic rings.